The Hall–Kier alpha value is -1.93. The van der Waals surface area contributed by atoms with Gasteiger partial charge in [-0.05, 0) is 43.0 Å². The average molecular weight is 353 g/mol. The molecule has 122 valence electrons. The maximum Gasteiger partial charge on any atom is 0.293 e. The minimum absolute atomic E-state index is 0.199. The van der Waals surface area contributed by atoms with E-state index in [1.54, 1.807) is 18.2 Å². The summed E-state index contributed by atoms with van der Waals surface area (Å²) in [4.78, 5) is 25.5. The summed E-state index contributed by atoms with van der Waals surface area (Å²) in [6, 6.07) is 6.10. The van der Waals surface area contributed by atoms with Gasteiger partial charge in [0.1, 0.15) is 5.82 Å². The van der Waals surface area contributed by atoms with E-state index in [4.69, 9.17) is 12.2 Å². The maximum atomic E-state index is 13.6. The van der Waals surface area contributed by atoms with Crippen LogP contribution in [0.15, 0.2) is 29.2 Å². The van der Waals surface area contributed by atoms with Gasteiger partial charge in [0.25, 0.3) is 11.1 Å². The number of benzene rings is 1. The molecule has 1 aromatic rings. The van der Waals surface area contributed by atoms with Crippen LogP contribution in [-0.4, -0.2) is 40.8 Å². The lowest BCUT2D eigenvalue weighted by Crippen LogP contribution is -2.41. The van der Waals surface area contributed by atoms with Gasteiger partial charge in [-0.15, -0.1) is 0 Å². The third kappa shape index (κ3) is 4.52. The summed E-state index contributed by atoms with van der Waals surface area (Å²) >= 11 is 5.82. The summed E-state index contributed by atoms with van der Waals surface area (Å²) < 4.78 is 13.6. The number of hydrogen-bond acceptors (Lipinski definition) is 4. The molecule has 8 heteroatoms. The van der Waals surface area contributed by atoms with Crippen molar-refractivity contribution in [2.24, 2.45) is 0 Å². The molecule has 5 nitrogen and oxygen atoms in total. The third-order valence-electron chi connectivity index (χ3n) is 3.02. The van der Waals surface area contributed by atoms with Crippen LogP contribution in [-0.2, 0) is 4.79 Å². The zero-order chi connectivity index (χ0) is 16.8. The minimum atomic E-state index is -0.433. The fraction of sp³-hybridized carbons (Fsp3) is 0.267. The van der Waals surface area contributed by atoms with E-state index in [2.05, 4.69) is 10.6 Å². The Bertz CT molecular complexity index is 664. The van der Waals surface area contributed by atoms with Crippen LogP contribution in [0.5, 0.6) is 0 Å². The summed E-state index contributed by atoms with van der Waals surface area (Å²) in [5.74, 6) is -0.851. The molecule has 0 unspecified atom stereocenters. The topological polar surface area (TPSA) is 61.4 Å². The van der Waals surface area contributed by atoms with Gasteiger partial charge in [-0.1, -0.05) is 18.2 Å². The van der Waals surface area contributed by atoms with Gasteiger partial charge in [-0.25, -0.2) is 4.39 Å². The molecule has 2 N–H and O–H groups in total. The molecule has 23 heavy (non-hydrogen) atoms. The molecule has 1 aliphatic rings. The number of nitrogens with one attached hydrogen (secondary N) is 2. The van der Waals surface area contributed by atoms with E-state index in [-0.39, 0.29) is 22.3 Å². The van der Waals surface area contributed by atoms with Crippen molar-refractivity contribution in [2.45, 2.75) is 6.92 Å². The summed E-state index contributed by atoms with van der Waals surface area (Å²) in [6.07, 6.45) is 1.40. The van der Waals surface area contributed by atoms with Crippen LogP contribution in [0.4, 0.5) is 9.18 Å². The fourth-order valence-corrected chi connectivity index (χ4v) is 3.03. The van der Waals surface area contributed by atoms with Crippen LogP contribution in [0.1, 0.15) is 12.5 Å². The van der Waals surface area contributed by atoms with Gasteiger partial charge >= 0.3 is 0 Å². The molecule has 1 saturated heterocycles. The average Bonchev–Trinajstić information content (AvgIpc) is 2.77. The predicted octanol–water partition coefficient (Wildman–Crippen LogP) is 2.35. The Balaban J connectivity index is 2.00. The van der Waals surface area contributed by atoms with Gasteiger partial charge in [0, 0.05) is 25.2 Å². The molecular formula is C15H16FN3O2S2. The first-order valence-electron chi connectivity index (χ1n) is 7.04. The molecule has 0 saturated carbocycles. The van der Waals surface area contributed by atoms with Gasteiger partial charge in [0.05, 0.1) is 4.91 Å². The molecule has 1 aliphatic heterocycles. The van der Waals surface area contributed by atoms with Crippen LogP contribution in [0.25, 0.3) is 6.08 Å². The lowest BCUT2D eigenvalue weighted by molar-refractivity contribution is -0.122. The largest absolute Gasteiger partial charge is 0.363 e. The summed E-state index contributed by atoms with van der Waals surface area (Å²) in [5.41, 5.74) is 0.282. The van der Waals surface area contributed by atoms with Crippen molar-refractivity contribution in [3.8, 4) is 0 Å². The zero-order valence-electron chi connectivity index (χ0n) is 12.5. The highest BCUT2D eigenvalue weighted by Gasteiger charge is 2.34. The van der Waals surface area contributed by atoms with Gasteiger partial charge < -0.3 is 10.6 Å². The standard InChI is InChI=1S/C15H16FN3O2S2/c1-2-17-14(22)18-7-8-19-13(20)12(23-15(19)21)9-10-5-3-4-6-11(10)16/h3-6,9H,2,7-8H2,1H3,(H2,17,18,22)/b12-9-. The van der Waals surface area contributed by atoms with Crippen molar-refractivity contribution >= 4 is 46.3 Å². The van der Waals surface area contributed by atoms with Crippen LogP contribution in [0.3, 0.4) is 0 Å². The number of hydrogen-bond donors (Lipinski definition) is 2. The smallest absolute Gasteiger partial charge is 0.293 e. The van der Waals surface area contributed by atoms with Crippen molar-refractivity contribution in [3.63, 3.8) is 0 Å². The molecule has 0 radical (unpaired) electrons. The fourth-order valence-electron chi connectivity index (χ4n) is 1.93. The van der Waals surface area contributed by atoms with E-state index in [0.29, 0.717) is 18.2 Å². The second-order valence-corrected chi connectivity index (χ2v) is 6.04. The first kappa shape index (κ1) is 17.4. The first-order chi connectivity index (χ1) is 11.0. The Morgan fingerprint density at radius 3 is 2.78 bits per heavy atom. The van der Waals surface area contributed by atoms with E-state index in [0.717, 1.165) is 16.7 Å². The lowest BCUT2D eigenvalue weighted by Gasteiger charge is -2.14. The number of amides is 2. The molecule has 1 heterocycles. The molecule has 2 amide bonds. The maximum absolute atomic E-state index is 13.6. The third-order valence-corrected chi connectivity index (χ3v) is 4.22. The molecule has 2 rings (SSSR count). The number of carbonyl (C=O) groups excluding carboxylic acids is 2. The summed E-state index contributed by atoms with van der Waals surface area (Å²) in [7, 11) is 0. The van der Waals surface area contributed by atoms with Crippen LogP contribution in [0, 0.1) is 5.82 Å². The van der Waals surface area contributed by atoms with E-state index in [9.17, 15) is 14.0 Å². The minimum Gasteiger partial charge on any atom is -0.363 e. The Kier molecular flexibility index (Phi) is 6.12. The lowest BCUT2D eigenvalue weighted by atomic mass is 10.2. The summed E-state index contributed by atoms with van der Waals surface area (Å²) in [5, 5.41) is 5.93. The Labute approximate surface area is 143 Å². The second-order valence-electron chi connectivity index (χ2n) is 4.64. The van der Waals surface area contributed by atoms with Crippen molar-refractivity contribution in [3.05, 3.63) is 40.6 Å². The molecule has 0 aliphatic carbocycles. The monoisotopic (exact) mass is 353 g/mol. The predicted molar refractivity (Wildman–Crippen MR) is 93.4 cm³/mol. The molecule has 0 spiro atoms. The van der Waals surface area contributed by atoms with E-state index < -0.39 is 11.7 Å². The van der Waals surface area contributed by atoms with Crippen LogP contribution in [0.2, 0.25) is 0 Å². The second kappa shape index (κ2) is 8.07. The highest BCUT2D eigenvalue weighted by molar-refractivity contribution is 8.18. The Morgan fingerprint density at radius 1 is 1.35 bits per heavy atom. The SMILES string of the molecule is CCNC(=S)NCCN1C(=O)S/C(=C\c2ccccc2F)C1=O. The highest BCUT2D eigenvalue weighted by Crippen LogP contribution is 2.32. The summed E-state index contributed by atoms with van der Waals surface area (Å²) in [6.45, 7) is 3.17. The van der Waals surface area contributed by atoms with Crippen LogP contribution >= 0.6 is 24.0 Å². The van der Waals surface area contributed by atoms with E-state index in [1.807, 2.05) is 6.92 Å². The van der Waals surface area contributed by atoms with Gasteiger partial charge in [-0.2, -0.15) is 0 Å². The molecular weight excluding hydrogens is 337 g/mol. The quantitative estimate of drug-likeness (QED) is 0.626. The normalized spacial score (nSPS) is 16.1. The number of imide groups is 1. The number of halogens is 1. The molecule has 1 aromatic carbocycles. The van der Waals surface area contributed by atoms with E-state index in [1.165, 1.54) is 12.1 Å². The van der Waals surface area contributed by atoms with Crippen molar-refractivity contribution in [1.29, 1.82) is 0 Å². The van der Waals surface area contributed by atoms with Gasteiger partial charge in [0.2, 0.25) is 0 Å². The number of thiocarbonyl (C=S) groups is 1. The van der Waals surface area contributed by atoms with Crippen LogP contribution < -0.4 is 10.6 Å². The molecule has 0 bridgehead atoms. The van der Waals surface area contributed by atoms with E-state index >= 15 is 0 Å². The first-order valence-corrected chi connectivity index (χ1v) is 8.27. The van der Waals surface area contributed by atoms with Crippen molar-refractivity contribution < 1.29 is 14.0 Å². The number of rotatable bonds is 5. The Morgan fingerprint density at radius 2 is 2.09 bits per heavy atom. The number of thioether (sulfide) groups is 1. The van der Waals surface area contributed by atoms with Crippen molar-refractivity contribution in [2.75, 3.05) is 19.6 Å². The molecule has 0 atom stereocenters. The number of nitrogens with zero attached hydrogens (tertiary/aromatic N) is 1. The highest BCUT2D eigenvalue weighted by atomic mass is 32.2. The van der Waals surface area contributed by atoms with Gasteiger partial charge in [0.15, 0.2) is 5.11 Å². The molecule has 1 fully saturated rings. The van der Waals surface area contributed by atoms with Crippen molar-refractivity contribution in [1.82, 2.24) is 15.5 Å². The number of carbonyl (C=O) groups is 2. The van der Waals surface area contributed by atoms with Gasteiger partial charge in [-0.3, -0.25) is 14.5 Å². The zero-order valence-corrected chi connectivity index (χ0v) is 14.1. The molecule has 0 aromatic heterocycles.